The van der Waals surface area contributed by atoms with Crippen LogP contribution in [0.2, 0.25) is 0 Å². The predicted octanol–water partition coefficient (Wildman–Crippen LogP) is 1.68. The minimum Gasteiger partial charge on any atom is -0.299 e. The van der Waals surface area contributed by atoms with E-state index in [1.165, 1.54) is 11.3 Å². The Bertz CT molecular complexity index is 379. The van der Waals surface area contributed by atoms with Gasteiger partial charge in [0.05, 0.1) is 6.04 Å². The van der Waals surface area contributed by atoms with E-state index in [1.807, 2.05) is 0 Å². The average Bonchev–Trinajstić information content (AvgIpc) is 2.87. The van der Waals surface area contributed by atoms with E-state index in [0.717, 1.165) is 16.6 Å². The van der Waals surface area contributed by atoms with E-state index in [2.05, 4.69) is 34.7 Å². The fourth-order valence-corrected chi connectivity index (χ4v) is 2.97. The van der Waals surface area contributed by atoms with Gasteiger partial charge in [-0.25, -0.2) is 0 Å². The number of hydrogen-bond donors (Lipinski definition) is 2. The van der Waals surface area contributed by atoms with E-state index in [-0.39, 0.29) is 24.4 Å². The predicted molar refractivity (Wildman–Crippen MR) is 74.1 cm³/mol. The molecule has 1 fully saturated rings. The van der Waals surface area contributed by atoms with E-state index in [4.69, 9.17) is 0 Å². The van der Waals surface area contributed by atoms with E-state index in [1.54, 1.807) is 11.8 Å². The number of carbonyl (C=O) groups is 1. The zero-order valence-corrected chi connectivity index (χ0v) is 12.0. The summed E-state index contributed by atoms with van der Waals surface area (Å²) in [4.78, 5) is 11.7. The van der Waals surface area contributed by atoms with Crippen LogP contribution < -0.4 is 10.6 Å². The number of thioether (sulfide) groups is 1. The standard InChI is InChI=1S/C9H14N4OS2.ClH/c1-5(2)8-12-13-9(16-8)11-7(14)6-3-15-4-10-6;/h5-6,10H,3-4H2,1-2H3,(H,11,13,14);1H. The topological polar surface area (TPSA) is 66.9 Å². The molecule has 0 spiro atoms. The van der Waals surface area contributed by atoms with E-state index in [9.17, 15) is 4.79 Å². The molecule has 1 aliphatic rings. The van der Waals surface area contributed by atoms with Crippen molar-refractivity contribution in [1.82, 2.24) is 15.5 Å². The average molecular weight is 295 g/mol. The van der Waals surface area contributed by atoms with Crippen LogP contribution in [-0.2, 0) is 4.79 Å². The smallest absolute Gasteiger partial charge is 0.244 e. The maximum Gasteiger partial charge on any atom is 0.244 e. The quantitative estimate of drug-likeness (QED) is 0.888. The molecule has 0 saturated carbocycles. The summed E-state index contributed by atoms with van der Waals surface area (Å²) in [6, 6.07) is -0.101. The van der Waals surface area contributed by atoms with Gasteiger partial charge in [0, 0.05) is 17.5 Å². The largest absolute Gasteiger partial charge is 0.299 e. The first-order chi connectivity index (χ1) is 7.66. The zero-order chi connectivity index (χ0) is 11.5. The molecule has 0 aliphatic carbocycles. The van der Waals surface area contributed by atoms with Crippen LogP contribution in [0, 0.1) is 0 Å². The van der Waals surface area contributed by atoms with Gasteiger partial charge in [-0.15, -0.1) is 34.4 Å². The highest BCUT2D eigenvalue weighted by atomic mass is 35.5. The fourth-order valence-electron chi connectivity index (χ4n) is 1.27. The molecule has 17 heavy (non-hydrogen) atoms. The van der Waals surface area contributed by atoms with Crippen molar-refractivity contribution in [3.63, 3.8) is 0 Å². The van der Waals surface area contributed by atoms with Gasteiger partial charge in [-0.1, -0.05) is 25.2 Å². The van der Waals surface area contributed by atoms with Crippen molar-refractivity contribution in [2.45, 2.75) is 25.8 Å². The number of anilines is 1. The van der Waals surface area contributed by atoms with Crippen LogP contribution in [0.25, 0.3) is 0 Å². The molecule has 1 aromatic heterocycles. The second kappa shape index (κ2) is 6.53. The third-order valence-electron chi connectivity index (χ3n) is 2.20. The van der Waals surface area contributed by atoms with Crippen LogP contribution in [0.1, 0.15) is 24.8 Å². The highest BCUT2D eigenvalue weighted by Gasteiger charge is 2.23. The molecule has 5 nitrogen and oxygen atoms in total. The minimum atomic E-state index is -0.101. The lowest BCUT2D eigenvalue weighted by Gasteiger charge is -2.07. The summed E-state index contributed by atoms with van der Waals surface area (Å²) >= 11 is 3.17. The molecule has 2 heterocycles. The van der Waals surface area contributed by atoms with Crippen molar-refractivity contribution in [2.24, 2.45) is 0 Å². The monoisotopic (exact) mass is 294 g/mol. The van der Waals surface area contributed by atoms with Crippen LogP contribution in [0.3, 0.4) is 0 Å². The summed E-state index contributed by atoms with van der Waals surface area (Å²) in [6.45, 7) is 4.11. The molecule has 96 valence electrons. The molecule has 1 unspecified atom stereocenters. The van der Waals surface area contributed by atoms with Crippen LogP contribution in [0.5, 0.6) is 0 Å². The second-order valence-electron chi connectivity index (χ2n) is 3.86. The molecule has 0 bridgehead atoms. The Hall–Kier alpha value is -0.370. The first-order valence-electron chi connectivity index (χ1n) is 5.12. The van der Waals surface area contributed by atoms with Gasteiger partial charge in [-0.3, -0.25) is 15.4 Å². The van der Waals surface area contributed by atoms with Crippen molar-refractivity contribution in [3.8, 4) is 0 Å². The van der Waals surface area contributed by atoms with Crippen LogP contribution in [-0.4, -0.2) is 33.8 Å². The molecule has 1 amide bonds. The highest BCUT2D eigenvalue weighted by Crippen LogP contribution is 2.22. The van der Waals surface area contributed by atoms with Gasteiger partial charge >= 0.3 is 0 Å². The first kappa shape index (κ1) is 14.7. The van der Waals surface area contributed by atoms with Crippen LogP contribution in [0.15, 0.2) is 0 Å². The Balaban J connectivity index is 0.00000144. The van der Waals surface area contributed by atoms with Crippen LogP contribution >= 0.6 is 35.5 Å². The molecule has 1 atom stereocenters. The van der Waals surface area contributed by atoms with Gasteiger partial charge in [0.2, 0.25) is 11.0 Å². The molecule has 2 N–H and O–H groups in total. The summed E-state index contributed by atoms with van der Waals surface area (Å²) in [6.07, 6.45) is 0. The number of halogens is 1. The van der Waals surface area contributed by atoms with Gasteiger partial charge in [-0.05, 0) is 0 Å². The van der Waals surface area contributed by atoms with Crippen molar-refractivity contribution >= 4 is 46.5 Å². The number of carbonyl (C=O) groups excluding carboxylic acids is 1. The highest BCUT2D eigenvalue weighted by molar-refractivity contribution is 7.99. The van der Waals surface area contributed by atoms with Crippen molar-refractivity contribution in [2.75, 3.05) is 16.9 Å². The lowest BCUT2D eigenvalue weighted by atomic mass is 10.2. The third kappa shape index (κ3) is 3.80. The van der Waals surface area contributed by atoms with E-state index >= 15 is 0 Å². The molecule has 1 saturated heterocycles. The summed E-state index contributed by atoms with van der Waals surface area (Å²) in [7, 11) is 0. The number of aromatic nitrogens is 2. The Kier molecular flexibility index (Phi) is 5.64. The molecule has 1 aromatic rings. The van der Waals surface area contributed by atoms with Crippen LogP contribution in [0.4, 0.5) is 5.13 Å². The van der Waals surface area contributed by atoms with Crippen molar-refractivity contribution < 1.29 is 4.79 Å². The minimum absolute atomic E-state index is 0. The molecule has 8 heteroatoms. The van der Waals surface area contributed by atoms with Crippen molar-refractivity contribution in [1.29, 1.82) is 0 Å². The number of amides is 1. The Morgan fingerprint density at radius 1 is 1.53 bits per heavy atom. The lowest BCUT2D eigenvalue weighted by molar-refractivity contribution is -0.117. The molecule has 0 aromatic carbocycles. The number of nitrogens with zero attached hydrogens (tertiary/aromatic N) is 2. The third-order valence-corrected chi connectivity index (χ3v) is 4.28. The van der Waals surface area contributed by atoms with Gasteiger partial charge in [0.1, 0.15) is 5.01 Å². The summed E-state index contributed by atoms with van der Waals surface area (Å²) in [5.74, 6) is 1.99. The number of hydrogen-bond acceptors (Lipinski definition) is 6. The SMILES string of the molecule is CC(C)c1nnc(NC(=O)C2CSCN2)s1.Cl. The zero-order valence-electron chi connectivity index (χ0n) is 9.60. The number of rotatable bonds is 3. The first-order valence-corrected chi connectivity index (χ1v) is 7.09. The van der Waals surface area contributed by atoms with Crippen molar-refractivity contribution in [3.05, 3.63) is 5.01 Å². The summed E-state index contributed by atoms with van der Waals surface area (Å²) < 4.78 is 0. The van der Waals surface area contributed by atoms with E-state index < -0.39 is 0 Å². The fraction of sp³-hybridized carbons (Fsp3) is 0.667. The lowest BCUT2D eigenvalue weighted by Crippen LogP contribution is -2.37. The summed E-state index contributed by atoms with van der Waals surface area (Å²) in [5, 5.41) is 15.4. The maximum atomic E-state index is 11.7. The Morgan fingerprint density at radius 2 is 2.29 bits per heavy atom. The van der Waals surface area contributed by atoms with Gasteiger partial charge in [-0.2, -0.15) is 0 Å². The molecule has 2 rings (SSSR count). The van der Waals surface area contributed by atoms with Gasteiger partial charge in [0.25, 0.3) is 0 Å². The Labute approximate surface area is 115 Å². The molecular weight excluding hydrogens is 280 g/mol. The molecular formula is C9H15ClN4OS2. The van der Waals surface area contributed by atoms with Gasteiger partial charge in [0.15, 0.2) is 0 Å². The molecule has 1 aliphatic heterocycles. The van der Waals surface area contributed by atoms with Gasteiger partial charge < -0.3 is 0 Å². The summed E-state index contributed by atoms with van der Waals surface area (Å²) in [5.41, 5.74) is 0. The normalized spacial score (nSPS) is 19.1. The molecule has 0 radical (unpaired) electrons. The maximum absolute atomic E-state index is 11.7. The second-order valence-corrected chi connectivity index (χ2v) is 5.90. The number of nitrogens with one attached hydrogen (secondary N) is 2. The van der Waals surface area contributed by atoms with E-state index in [0.29, 0.717) is 11.0 Å². The Morgan fingerprint density at radius 3 is 2.82 bits per heavy atom.